The van der Waals surface area contributed by atoms with Crippen LogP contribution in [0, 0.1) is 5.41 Å². The van der Waals surface area contributed by atoms with Gasteiger partial charge >= 0.3 is 0 Å². The van der Waals surface area contributed by atoms with Crippen molar-refractivity contribution in [2.75, 3.05) is 0 Å². The number of hydrogen-bond donors (Lipinski definition) is 0. The van der Waals surface area contributed by atoms with E-state index in [1.54, 1.807) is 0 Å². The van der Waals surface area contributed by atoms with E-state index in [1.165, 1.54) is 37.7 Å². The van der Waals surface area contributed by atoms with Crippen molar-refractivity contribution >= 4 is 0 Å². The molecule has 0 bridgehead atoms. The van der Waals surface area contributed by atoms with Gasteiger partial charge in [0.25, 0.3) is 0 Å². The molecule has 0 amide bonds. The molecule has 0 aromatic heterocycles. The van der Waals surface area contributed by atoms with E-state index in [9.17, 15) is 0 Å². The maximum Gasteiger partial charge on any atom is 0.204 e. The van der Waals surface area contributed by atoms with Gasteiger partial charge in [0.05, 0.1) is 6.10 Å². The third-order valence-electron chi connectivity index (χ3n) is 5.34. The zero-order chi connectivity index (χ0) is 17.8. The zero-order valence-electron chi connectivity index (χ0n) is 16.5. The van der Waals surface area contributed by atoms with Crippen molar-refractivity contribution < 1.29 is 9.47 Å². The lowest BCUT2D eigenvalue weighted by molar-refractivity contribution is -0.177. The van der Waals surface area contributed by atoms with Gasteiger partial charge in [0.2, 0.25) is 6.29 Å². The predicted octanol–water partition coefficient (Wildman–Crippen LogP) is 6.47. The van der Waals surface area contributed by atoms with Crippen LogP contribution in [0.1, 0.15) is 85.6 Å². The third-order valence-corrected chi connectivity index (χ3v) is 5.34. The van der Waals surface area contributed by atoms with Crippen molar-refractivity contribution in [2.24, 2.45) is 5.41 Å². The van der Waals surface area contributed by atoms with Crippen LogP contribution < -0.4 is 4.74 Å². The smallest absolute Gasteiger partial charge is 0.204 e. The van der Waals surface area contributed by atoms with E-state index in [0.717, 1.165) is 12.2 Å². The van der Waals surface area contributed by atoms with Gasteiger partial charge in [0.1, 0.15) is 5.75 Å². The van der Waals surface area contributed by atoms with Gasteiger partial charge in [-0.3, -0.25) is 0 Å². The SMILES string of the molecule is CCC(C)(C)c1ccc(OC(OC2CCCCC2)C(C)(C)C)cc1. The van der Waals surface area contributed by atoms with E-state index in [-0.39, 0.29) is 17.1 Å². The van der Waals surface area contributed by atoms with Gasteiger partial charge in [0, 0.05) is 5.41 Å². The molecule has 1 saturated carbocycles. The average molecular weight is 333 g/mol. The Morgan fingerprint density at radius 3 is 2.04 bits per heavy atom. The first-order chi connectivity index (χ1) is 11.2. The Hall–Kier alpha value is -1.02. The maximum absolute atomic E-state index is 6.36. The van der Waals surface area contributed by atoms with Crippen LogP contribution in [0.3, 0.4) is 0 Å². The van der Waals surface area contributed by atoms with Crippen molar-refractivity contribution in [1.29, 1.82) is 0 Å². The maximum atomic E-state index is 6.36. The van der Waals surface area contributed by atoms with Crippen LogP contribution in [0.15, 0.2) is 24.3 Å². The molecule has 1 aromatic carbocycles. The van der Waals surface area contributed by atoms with Gasteiger partial charge in [-0.15, -0.1) is 0 Å². The summed E-state index contributed by atoms with van der Waals surface area (Å²) in [5.74, 6) is 0.904. The van der Waals surface area contributed by atoms with E-state index in [4.69, 9.17) is 9.47 Å². The summed E-state index contributed by atoms with van der Waals surface area (Å²) in [7, 11) is 0. The van der Waals surface area contributed by atoms with E-state index >= 15 is 0 Å². The monoisotopic (exact) mass is 332 g/mol. The molecule has 0 saturated heterocycles. The van der Waals surface area contributed by atoms with E-state index in [1.807, 2.05) is 0 Å². The molecule has 2 heteroatoms. The molecule has 1 aliphatic carbocycles. The molecule has 0 N–H and O–H groups in total. The highest BCUT2D eigenvalue weighted by atomic mass is 16.7. The van der Waals surface area contributed by atoms with Crippen LogP contribution in [0.4, 0.5) is 0 Å². The minimum Gasteiger partial charge on any atom is -0.464 e. The molecule has 0 radical (unpaired) electrons. The molecular weight excluding hydrogens is 296 g/mol. The summed E-state index contributed by atoms with van der Waals surface area (Å²) in [5, 5.41) is 0. The number of hydrogen-bond acceptors (Lipinski definition) is 2. The summed E-state index contributed by atoms with van der Waals surface area (Å²) in [4.78, 5) is 0. The van der Waals surface area contributed by atoms with Crippen molar-refractivity contribution in [2.45, 2.75) is 97.9 Å². The zero-order valence-corrected chi connectivity index (χ0v) is 16.5. The van der Waals surface area contributed by atoms with Gasteiger partial charge in [-0.1, -0.05) is 72.9 Å². The summed E-state index contributed by atoms with van der Waals surface area (Å²) in [6, 6.07) is 8.57. The molecule has 24 heavy (non-hydrogen) atoms. The molecule has 1 fully saturated rings. The fourth-order valence-corrected chi connectivity index (χ4v) is 3.10. The lowest BCUT2D eigenvalue weighted by atomic mass is 9.82. The number of benzene rings is 1. The lowest BCUT2D eigenvalue weighted by Gasteiger charge is -2.35. The molecule has 0 spiro atoms. The van der Waals surface area contributed by atoms with Crippen molar-refractivity contribution in [3.63, 3.8) is 0 Å². The van der Waals surface area contributed by atoms with Crippen LogP contribution in [-0.2, 0) is 10.2 Å². The molecule has 1 unspecified atom stereocenters. The van der Waals surface area contributed by atoms with Crippen molar-refractivity contribution in [3.05, 3.63) is 29.8 Å². The molecule has 2 nitrogen and oxygen atoms in total. The third kappa shape index (κ3) is 5.24. The summed E-state index contributed by atoms with van der Waals surface area (Å²) < 4.78 is 12.6. The quantitative estimate of drug-likeness (QED) is 0.555. The fraction of sp³-hybridized carbons (Fsp3) is 0.727. The molecule has 1 atom stereocenters. The van der Waals surface area contributed by atoms with E-state index in [2.05, 4.69) is 65.8 Å². The molecular formula is C22H36O2. The summed E-state index contributed by atoms with van der Waals surface area (Å²) in [6.45, 7) is 13.4. The van der Waals surface area contributed by atoms with E-state index < -0.39 is 0 Å². The van der Waals surface area contributed by atoms with Crippen LogP contribution in [0.5, 0.6) is 5.75 Å². The first-order valence-electron chi connectivity index (χ1n) is 9.65. The Balaban J connectivity index is 2.06. The van der Waals surface area contributed by atoms with Gasteiger partial charge in [-0.25, -0.2) is 0 Å². The highest BCUT2D eigenvalue weighted by Gasteiger charge is 2.31. The summed E-state index contributed by atoms with van der Waals surface area (Å²) in [6.07, 6.45) is 7.51. The second kappa shape index (κ2) is 7.91. The van der Waals surface area contributed by atoms with Crippen LogP contribution in [0.2, 0.25) is 0 Å². The van der Waals surface area contributed by atoms with Crippen LogP contribution in [-0.4, -0.2) is 12.4 Å². The standard InChI is InChI=1S/C22H36O2/c1-7-22(5,6)17-13-15-19(16-14-17)24-20(21(2,3)4)23-18-11-9-8-10-12-18/h13-16,18,20H,7-12H2,1-6H3. The molecule has 0 aliphatic heterocycles. The van der Waals surface area contributed by atoms with Crippen LogP contribution >= 0.6 is 0 Å². The van der Waals surface area contributed by atoms with Gasteiger partial charge in [-0.05, 0) is 42.4 Å². The molecule has 2 rings (SSSR count). The summed E-state index contributed by atoms with van der Waals surface area (Å²) >= 11 is 0. The Kier molecular flexibility index (Phi) is 6.36. The van der Waals surface area contributed by atoms with Gasteiger partial charge in [0.15, 0.2) is 0 Å². The normalized spacial score (nSPS) is 18.4. The van der Waals surface area contributed by atoms with Crippen molar-refractivity contribution in [1.82, 2.24) is 0 Å². The second-order valence-corrected chi connectivity index (χ2v) is 8.97. The van der Waals surface area contributed by atoms with Gasteiger partial charge in [-0.2, -0.15) is 0 Å². The Bertz CT molecular complexity index is 490. The first-order valence-corrected chi connectivity index (χ1v) is 9.65. The Labute approximate surface area is 148 Å². The summed E-state index contributed by atoms with van der Waals surface area (Å²) in [5.41, 5.74) is 1.53. The van der Waals surface area contributed by atoms with Gasteiger partial charge < -0.3 is 9.47 Å². The largest absolute Gasteiger partial charge is 0.464 e. The number of rotatable bonds is 6. The average Bonchev–Trinajstić information content (AvgIpc) is 2.55. The van der Waals surface area contributed by atoms with Crippen molar-refractivity contribution in [3.8, 4) is 5.75 Å². The number of ether oxygens (including phenoxy) is 2. The minimum atomic E-state index is -0.203. The Morgan fingerprint density at radius 1 is 0.958 bits per heavy atom. The van der Waals surface area contributed by atoms with E-state index in [0.29, 0.717) is 6.10 Å². The Morgan fingerprint density at radius 2 is 1.54 bits per heavy atom. The predicted molar refractivity (Wildman–Crippen MR) is 102 cm³/mol. The molecule has 1 aromatic rings. The topological polar surface area (TPSA) is 18.5 Å². The molecule has 0 heterocycles. The highest BCUT2D eigenvalue weighted by Crippen LogP contribution is 2.32. The molecule has 136 valence electrons. The fourth-order valence-electron chi connectivity index (χ4n) is 3.10. The lowest BCUT2D eigenvalue weighted by Crippen LogP contribution is -2.38. The highest BCUT2D eigenvalue weighted by molar-refractivity contribution is 5.31. The molecule has 1 aliphatic rings. The minimum absolute atomic E-state index is 0.0428. The second-order valence-electron chi connectivity index (χ2n) is 8.97. The van der Waals surface area contributed by atoms with Crippen LogP contribution in [0.25, 0.3) is 0 Å². The first kappa shape index (κ1) is 19.3.